The molecule has 1 aliphatic heterocycles. The molecule has 5 fully saturated rings. The summed E-state index contributed by atoms with van der Waals surface area (Å²) in [6.45, 7) is 6.73. The highest BCUT2D eigenvalue weighted by atomic mass is 16.7. The molecule has 0 amide bonds. The van der Waals surface area contributed by atoms with Gasteiger partial charge in [0.15, 0.2) is 5.79 Å². The third-order valence-corrected chi connectivity index (χ3v) is 10.6. The summed E-state index contributed by atoms with van der Waals surface area (Å²) < 4.78 is 12.2. The van der Waals surface area contributed by atoms with E-state index in [1.807, 2.05) is 0 Å². The van der Waals surface area contributed by atoms with E-state index in [4.69, 9.17) is 14.6 Å². The van der Waals surface area contributed by atoms with Crippen molar-refractivity contribution in [2.45, 2.75) is 96.7 Å². The molecule has 5 aliphatic rings. The van der Waals surface area contributed by atoms with E-state index in [0.29, 0.717) is 17.3 Å². The molecule has 7 unspecified atom stereocenters. The molecule has 0 radical (unpaired) electrons. The quantitative estimate of drug-likeness (QED) is 0.658. The highest BCUT2D eigenvalue weighted by Crippen LogP contribution is 2.68. The normalized spacial score (nSPS) is 48.1. The summed E-state index contributed by atoms with van der Waals surface area (Å²) in [5.41, 5.74) is 0.919. The molecule has 4 heteroatoms. The zero-order valence-electron chi connectivity index (χ0n) is 18.5. The summed E-state index contributed by atoms with van der Waals surface area (Å²) in [7, 11) is 0. The third-order valence-electron chi connectivity index (χ3n) is 10.6. The van der Waals surface area contributed by atoms with Crippen molar-refractivity contribution in [1.82, 2.24) is 0 Å². The van der Waals surface area contributed by atoms with Crippen LogP contribution in [0.4, 0.5) is 0 Å². The fraction of sp³-hybridized carbons (Fsp3) is 0.960. The minimum atomic E-state index is -0.634. The van der Waals surface area contributed by atoms with Crippen molar-refractivity contribution in [3.63, 3.8) is 0 Å². The van der Waals surface area contributed by atoms with Gasteiger partial charge in [0.1, 0.15) is 0 Å². The summed E-state index contributed by atoms with van der Waals surface area (Å²) in [4.78, 5) is 11.0. The summed E-state index contributed by atoms with van der Waals surface area (Å²) in [5, 5.41) is 9.04. The lowest BCUT2D eigenvalue weighted by Crippen LogP contribution is -2.56. The molecule has 164 valence electrons. The number of carboxylic acid groups (broad SMARTS) is 1. The van der Waals surface area contributed by atoms with Crippen LogP contribution in [0.1, 0.15) is 90.9 Å². The lowest BCUT2D eigenvalue weighted by molar-refractivity contribution is -0.229. The Morgan fingerprint density at radius 2 is 1.69 bits per heavy atom. The first kappa shape index (κ1) is 20.3. The lowest BCUT2D eigenvalue weighted by atomic mass is 9.44. The second kappa shape index (κ2) is 7.22. The molecule has 0 bridgehead atoms. The summed E-state index contributed by atoms with van der Waals surface area (Å²) in [6.07, 6.45) is 14.0. The Morgan fingerprint density at radius 3 is 2.45 bits per heavy atom. The van der Waals surface area contributed by atoms with Gasteiger partial charge in [0, 0.05) is 19.3 Å². The van der Waals surface area contributed by atoms with Gasteiger partial charge in [-0.1, -0.05) is 13.8 Å². The maximum atomic E-state index is 11.0. The van der Waals surface area contributed by atoms with Crippen molar-refractivity contribution >= 4 is 5.97 Å². The number of hydrogen-bond acceptors (Lipinski definition) is 3. The molecule has 4 nitrogen and oxygen atoms in total. The van der Waals surface area contributed by atoms with Gasteiger partial charge in [-0.2, -0.15) is 0 Å². The van der Waals surface area contributed by atoms with Gasteiger partial charge in [-0.15, -0.1) is 0 Å². The van der Waals surface area contributed by atoms with Crippen LogP contribution in [0.25, 0.3) is 0 Å². The predicted molar refractivity (Wildman–Crippen MR) is 111 cm³/mol. The van der Waals surface area contributed by atoms with E-state index >= 15 is 0 Å². The Kier molecular flexibility index (Phi) is 5.06. The fourth-order valence-electron chi connectivity index (χ4n) is 9.04. The molecular formula is C25H40O4. The smallest absolute Gasteiger partial charge is 0.303 e. The average molecular weight is 405 g/mol. The summed E-state index contributed by atoms with van der Waals surface area (Å²) in [5.74, 6) is 3.24. The van der Waals surface area contributed by atoms with Crippen LogP contribution < -0.4 is 0 Å². The second-order valence-corrected chi connectivity index (χ2v) is 11.6. The Morgan fingerprint density at radius 1 is 0.931 bits per heavy atom. The van der Waals surface area contributed by atoms with Crippen molar-refractivity contribution in [3.8, 4) is 0 Å². The molecule has 4 aliphatic carbocycles. The molecule has 0 aromatic heterocycles. The zero-order chi connectivity index (χ0) is 20.3. The van der Waals surface area contributed by atoms with Crippen LogP contribution in [-0.2, 0) is 14.3 Å². The van der Waals surface area contributed by atoms with E-state index in [-0.39, 0.29) is 5.79 Å². The van der Waals surface area contributed by atoms with Crippen LogP contribution in [-0.4, -0.2) is 30.1 Å². The monoisotopic (exact) mass is 404 g/mol. The third kappa shape index (κ3) is 3.19. The van der Waals surface area contributed by atoms with E-state index in [2.05, 4.69) is 13.8 Å². The van der Waals surface area contributed by atoms with Crippen LogP contribution in [0.5, 0.6) is 0 Å². The number of rotatable bonds is 4. The van der Waals surface area contributed by atoms with Crippen LogP contribution in [0.2, 0.25) is 0 Å². The predicted octanol–water partition coefficient (Wildman–Crippen LogP) is 5.64. The first-order chi connectivity index (χ1) is 13.9. The Balaban J connectivity index is 1.30. The van der Waals surface area contributed by atoms with Gasteiger partial charge >= 0.3 is 5.97 Å². The van der Waals surface area contributed by atoms with Crippen LogP contribution in [0, 0.1) is 40.4 Å². The molecular weight excluding hydrogens is 364 g/mol. The first-order valence-corrected chi connectivity index (χ1v) is 12.4. The second-order valence-electron chi connectivity index (χ2n) is 11.6. The number of hydrogen-bond donors (Lipinski definition) is 1. The summed E-state index contributed by atoms with van der Waals surface area (Å²) in [6, 6.07) is 0. The Bertz CT molecular complexity index is 641. The molecule has 0 aromatic carbocycles. The van der Waals surface area contributed by atoms with Crippen molar-refractivity contribution in [2.75, 3.05) is 13.2 Å². The molecule has 1 heterocycles. The molecule has 5 rings (SSSR count). The topological polar surface area (TPSA) is 55.8 Å². The average Bonchev–Trinajstić information content (AvgIpc) is 3.27. The molecule has 4 saturated carbocycles. The van der Waals surface area contributed by atoms with Gasteiger partial charge in [-0.25, -0.2) is 0 Å². The van der Waals surface area contributed by atoms with Crippen LogP contribution >= 0.6 is 0 Å². The van der Waals surface area contributed by atoms with E-state index in [1.165, 1.54) is 44.9 Å². The number of carbonyl (C=O) groups is 1. The highest BCUT2D eigenvalue weighted by molar-refractivity contribution is 5.66. The standard InChI is InChI=1S/C25H40O4/c1-23-11-10-21-19(20(23)9-7-17(23)4-3-5-22(26)27)8-6-18-16-25(28-14-15-29-25)13-12-24(18,21)2/h17-21H,3-16H2,1-2H3,(H,26,27). The summed E-state index contributed by atoms with van der Waals surface area (Å²) >= 11 is 0. The van der Waals surface area contributed by atoms with E-state index in [1.54, 1.807) is 0 Å². The maximum Gasteiger partial charge on any atom is 0.303 e. The van der Waals surface area contributed by atoms with E-state index in [9.17, 15) is 4.79 Å². The maximum absolute atomic E-state index is 11.0. The Hall–Kier alpha value is -0.610. The van der Waals surface area contributed by atoms with Gasteiger partial charge in [0.2, 0.25) is 0 Å². The van der Waals surface area contributed by atoms with E-state index < -0.39 is 5.97 Å². The number of aliphatic carboxylic acids is 1. The van der Waals surface area contributed by atoms with E-state index in [0.717, 1.165) is 68.5 Å². The number of fused-ring (bicyclic) bond motifs is 5. The zero-order valence-corrected chi connectivity index (χ0v) is 18.5. The highest BCUT2D eigenvalue weighted by Gasteiger charge is 2.61. The van der Waals surface area contributed by atoms with Crippen molar-refractivity contribution in [2.24, 2.45) is 40.4 Å². The van der Waals surface area contributed by atoms with Crippen molar-refractivity contribution in [3.05, 3.63) is 0 Å². The fourth-order valence-corrected chi connectivity index (χ4v) is 9.04. The van der Waals surface area contributed by atoms with Crippen LogP contribution in [0.15, 0.2) is 0 Å². The number of carboxylic acids is 1. The van der Waals surface area contributed by atoms with Gasteiger partial charge in [0.05, 0.1) is 13.2 Å². The molecule has 1 N–H and O–H groups in total. The van der Waals surface area contributed by atoms with Crippen LogP contribution in [0.3, 0.4) is 0 Å². The Labute approximate surface area is 176 Å². The molecule has 1 saturated heterocycles. The molecule has 1 spiro atoms. The lowest BCUT2D eigenvalue weighted by Gasteiger charge is -2.62. The molecule has 0 aromatic rings. The largest absolute Gasteiger partial charge is 0.481 e. The van der Waals surface area contributed by atoms with Gasteiger partial charge in [0.25, 0.3) is 0 Å². The molecule has 7 atom stereocenters. The SMILES string of the molecule is CC12CCC3C(CCC4CC5(CCC43C)OCCO5)C1CCC2CCCC(=O)O. The van der Waals surface area contributed by atoms with Gasteiger partial charge < -0.3 is 14.6 Å². The number of ether oxygens (including phenoxy) is 2. The van der Waals surface area contributed by atoms with Crippen molar-refractivity contribution in [1.29, 1.82) is 0 Å². The van der Waals surface area contributed by atoms with Crippen molar-refractivity contribution < 1.29 is 19.4 Å². The molecule has 29 heavy (non-hydrogen) atoms. The van der Waals surface area contributed by atoms with Gasteiger partial charge in [-0.05, 0) is 98.2 Å². The van der Waals surface area contributed by atoms with Gasteiger partial charge in [-0.3, -0.25) is 4.79 Å². The first-order valence-electron chi connectivity index (χ1n) is 12.4. The minimum absolute atomic E-state index is 0.247. The minimum Gasteiger partial charge on any atom is -0.481 e.